The van der Waals surface area contributed by atoms with E-state index in [0.29, 0.717) is 0 Å². The van der Waals surface area contributed by atoms with Crippen LogP contribution in [0.2, 0.25) is 0 Å². The summed E-state index contributed by atoms with van der Waals surface area (Å²) in [6.45, 7) is -0.227. The molecule has 0 spiro atoms. The molecule has 0 fully saturated rings. The van der Waals surface area contributed by atoms with Crippen LogP contribution in [0.5, 0.6) is 0 Å². The van der Waals surface area contributed by atoms with E-state index < -0.39 is 8.25 Å². The maximum Gasteiger partial charge on any atom is 0.488 e. The van der Waals surface area contributed by atoms with Crippen molar-refractivity contribution in [1.29, 1.82) is 0 Å². The molecule has 0 aliphatic rings. The van der Waals surface area contributed by atoms with Gasteiger partial charge in [-0.15, -0.1) is 4.52 Å². The fourth-order valence-corrected chi connectivity index (χ4v) is 0.348. The Morgan fingerprint density at radius 2 is 2.50 bits per heavy atom. The third kappa shape index (κ3) is 5.69. The van der Waals surface area contributed by atoms with Crippen LogP contribution < -0.4 is 4.89 Å². The molecule has 1 unspecified atom stereocenters. The first-order valence-corrected chi connectivity index (χ1v) is 2.89. The van der Waals surface area contributed by atoms with Crippen LogP contribution in [-0.4, -0.2) is 6.61 Å². The van der Waals surface area contributed by atoms with Crippen LogP contribution in [0.25, 0.3) is 0 Å². The smallest absolute Gasteiger partial charge is 0.488 e. The minimum atomic E-state index is -2.83. The molecule has 0 aromatic heterocycles. The molecule has 1 atom stereocenters. The largest absolute Gasteiger partial charge is 0.566 e. The van der Waals surface area contributed by atoms with E-state index >= 15 is 0 Å². The molecule has 0 saturated heterocycles. The molecule has 0 aliphatic carbocycles. The number of halogens is 1. The Balaban J connectivity index is 3.05. The molecule has 0 saturated carbocycles. The summed E-state index contributed by atoms with van der Waals surface area (Å²) in [6.07, 6.45) is 1.17. The van der Waals surface area contributed by atoms with Gasteiger partial charge < -0.3 is 4.89 Å². The average molecular weight is 138 g/mol. The SMILES string of the molecule is O=[P+]([O-])OCC=CF. The highest BCUT2D eigenvalue weighted by atomic mass is 31.1. The van der Waals surface area contributed by atoms with Gasteiger partial charge in [-0.3, -0.25) is 0 Å². The second-order valence-electron chi connectivity index (χ2n) is 0.881. The third-order valence-electron chi connectivity index (χ3n) is 0.365. The van der Waals surface area contributed by atoms with Gasteiger partial charge in [0.1, 0.15) is 6.61 Å². The Morgan fingerprint density at radius 1 is 1.88 bits per heavy atom. The van der Waals surface area contributed by atoms with E-state index in [0.717, 1.165) is 6.08 Å². The molecule has 0 bridgehead atoms. The standard InChI is InChI=1S/C3H4FO3P/c4-2-1-3-7-8(5)6/h1-2H,3H2. The van der Waals surface area contributed by atoms with E-state index in [1.54, 1.807) is 0 Å². The molecule has 0 aromatic carbocycles. The van der Waals surface area contributed by atoms with Gasteiger partial charge in [0, 0.05) is 0 Å². The quantitative estimate of drug-likeness (QED) is 0.533. The lowest BCUT2D eigenvalue weighted by molar-refractivity contribution is -0.184. The van der Waals surface area contributed by atoms with Crippen molar-refractivity contribution in [3.63, 3.8) is 0 Å². The van der Waals surface area contributed by atoms with Crippen molar-refractivity contribution in [3.8, 4) is 0 Å². The van der Waals surface area contributed by atoms with Crippen molar-refractivity contribution in [1.82, 2.24) is 0 Å². The maximum absolute atomic E-state index is 11.0. The van der Waals surface area contributed by atoms with Crippen LogP contribution in [0.1, 0.15) is 0 Å². The highest BCUT2D eigenvalue weighted by Crippen LogP contribution is 2.06. The lowest BCUT2D eigenvalue weighted by Crippen LogP contribution is -1.90. The summed E-state index contributed by atoms with van der Waals surface area (Å²) in [4.78, 5) is 9.53. The summed E-state index contributed by atoms with van der Waals surface area (Å²) in [6, 6.07) is 0. The van der Waals surface area contributed by atoms with Crippen LogP contribution in [0, 0.1) is 0 Å². The van der Waals surface area contributed by atoms with E-state index in [1.807, 2.05) is 0 Å². The Morgan fingerprint density at radius 3 is 2.88 bits per heavy atom. The van der Waals surface area contributed by atoms with Crippen molar-refractivity contribution < 1.29 is 18.4 Å². The summed E-state index contributed by atoms with van der Waals surface area (Å²) < 4.78 is 24.4. The molecule has 0 heterocycles. The summed E-state index contributed by atoms with van der Waals surface area (Å²) in [5, 5.41) is 0. The van der Waals surface area contributed by atoms with E-state index in [2.05, 4.69) is 4.52 Å². The van der Waals surface area contributed by atoms with Crippen LogP contribution in [0.4, 0.5) is 4.39 Å². The molecule has 0 amide bonds. The highest BCUT2D eigenvalue weighted by molar-refractivity contribution is 7.30. The lowest BCUT2D eigenvalue weighted by atomic mass is 10.7. The predicted molar refractivity (Wildman–Crippen MR) is 23.8 cm³/mol. The molecule has 0 rings (SSSR count). The normalized spacial score (nSPS) is 12.5. The van der Waals surface area contributed by atoms with Crippen molar-refractivity contribution in [2.24, 2.45) is 0 Å². The summed E-state index contributed by atoms with van der Waals surface area (Å²) in [5.41, 5.74) is 0. The molecule has 46 valence electrons. The van der Waals surface area contributed by atoms with Crippen molar-refractivity contribution in [2.75, 3.05) is 6.61 Å². The molecule has 5 heteroatoms. The van der Waals surface area contributed by atoms with Crippen LogP contribution in [0.3, 0.4) is 0 Å². The second-order valence-corrected chi connectivity index (χ2v) is 1.59. The van der Waals surface area contributed by atoms with Gasteiger partial charge in [-0.1, -0.05) is 0 Å². The molecule has 0 aliphatic heterocycles. The third-order valence-corrected chi connectivity index (χ3v) is 0.725. The first kappa shape index (κ1) is 7.69. The minimum Gasteiger partial charge on any atom is -0.566 e. The van der Waals surface area contributed by atoms with Crippen molar-refractivity contribution in [2.45, 2.75) is 0 Å². The second kappa shape index (κ2) is 4.84. The predicted octanol–water partition coefficient (Wildman–Crippen LogP) is 0.504. The van der Waals surface area contributed by atoms with E-state index in [4.69, 9.17) is 0 Å². The fourth-order valence-electron chi connectivity index (χ4n) is 0.140. The van der Waals surface area contributed by atoms with Gasteiger partial charge in [0.05, 0.1) is 6.33 Å². The van der Waals surface area contributed by atoms with Crippen LogP contribution in [-0.2, 0) is 9.09 Å². The Kier molecular flexibility index (Phi) is 4.65. The molecule has 8 heavy (non-hydrogen) atoms. The summed E-state index contributed by atoms with van der Waals surface area (Å²) in [7, 11) is -2.83. The summed E-state index contributed by atoms with van der Waals surface area (Å²) >= 11 is 0. The van der Waals surface area contributed by atoms with E-state index in [9.17, 15) is 13.8 Å². The Labute approximate surface area is 46.7 Å². The van der Waals surface area contributed by atoms with Gasteiger partial charge in [-0.05, 0) is 10.6 Å². The Hall–Kier alpha value is -0.310. The molecule has 0 aromatic rings. The lowest BCUT2D eigenvalue weighted by Gasteiger charge is -1.80. The van der Waals surface area contributed by atoms with Crippen molar-refractivity contribution >= 4 is 8.25 Å². The summed E-state index contributed by atoms with van der Waals surface area (Å²) in [5.74, 6) is 0. The van der Waals surface area contributed by atoms with E-state index in [-0.39, 0.29) is 12.9 Å². The zero-order chi connectivity index (χ0) is 6.41. The maximum atomic E-state index is 11.0. The van der Waals surface area contributed by atoms with Gasteiger partial charge in [0.25, 0.3) is 0 Å². The minimum absolute atomic E-state index is 0.221. The highest BCUT2D eigenvalue weighted by Gasteiger charge is 1.94. The first-order valence-electron chi connectivity index (χ1n) is 1.80. The fraction of sp³-hybridized carbons (Fsp3) is 0.333. The van der Waals surface area contributed by atoms with Crippen LogP contribution in [0.15, 0.2) is 12.4 Å². The number of hydrogen-bond donors (Lipinski definition) is 0. The van der Waals surface area contributed by atoms with Gasteiger partial charge >= 0.3 is 8.25 Å². The topological polar surface area (TPSA) is 49.4 Å². The molecular weight excluding hydrogens is 134 g/mol. The van der Waals surface area contributed by atoms with Gasteiger partial charge in [-0.2, -0.15) is 0 Å². The zero-order valence-corrected chi connectivity index (χ0v) is 4.81. The van der Waals surface area contributed by atoms with Gasteiger partial charge in [0.15, 0.2) is 0 Å². The Bertz CT molecular complexity index is 103. The molecule has 3 nitrogen and oxygen atoms in total. The van der Waals surface area contributed by atoms with Gasteiger partial charge in [-0.25, -0.2) is 4.39 Å². The molecule has 0 N–H and O–H groups in total. The first-order chi connectivity index (χ1) is 3.77. The number of rotatable bonds is 3. The zero-order valence-electron chi connectivity index (χ0n) is 3.91. The van der Waals surface area contributed by atoms with Crippen molar-refractivity contribution in [3.05, 3.63) is 12.4 Å². The van der Waals surface area contributed by atoms with Gasteiger partial charge in [0.2, 0.25) is 0 Å². The monoisotopic (exact) mass is 138 g/mol. The van der Waals surface area contributed by atoms with E-state index in [1.165, 1.54) is 0 Å². The molecular formula is C3H4FO3P. The average Bonchev–Trinajstić information content (AvgIpc) is 1.66. The van der Waals surface area contributed by atoms with Crippen LogP contribution >= 0.6 is 8.25 Å². The molecule has 0 radical (unpaired) electrons. The number of hydrogen-bond acceptors (Lipinski definition) is 3.